The number of carbonyl (C=O) groups is 2. The highest BCUT2D eigenvalue weighted by Crippen LogP contribution is 2.21. The van der Waals surface area contributed by atoms with E-state index in [4.69, 9.17) is 11.1 Å². The topological polar surface area (TPSA) is 99.3 Å². The van der Waals surface area contributed by atoms with Gasteiger partial charge in [0.05, 0.1) is 0 Å². The Bertz CT molecular complexity index is 633. The molecule has 0 saturated carbocycles. The molecule has 4 N–H and O–H groups in total. The summed E-state index contributed by atoms with van der Waals surface area (Å²) in [6, 6.07) is 6.87. The largest absolute Gasteiger partial charge is 0.384 e. The Morgan fingerprint density at radius 2 is 2.00 bits per heavy atom. The van der Waals surface area contributed by atoms with Gasteiger partial charge in [-0.25, -0.2) is 0 Å². The van der Waals surface area contributed by atoms with E-state index in [-0.39, 0.29) is 36.1 Å². The van der Waals surface area contributed by atoms with Gasteiger partial charge in [-0.15, -0.1) is 12.4 Å². The molecule has 2 rings (SSSR count). The summed E-state index contributed by atoms with van der Waals surface area (Å²) in [7, 11) is 0. The summed E-state index contributed by atoms with van der Waals surface area (Å²) in [5.41, 5.74) is 7.03. The molecule has 26 heavy (non-hydrogen) atoms. The molecule has 1 aliphatic heterocycles. The van der Waals surface area contributed by atoms with Gasteiger partial charge >= 0.3 is 0 Å². The molecule has 1 aromatic rings. The highest BCUT2D eigenvalue weighted by atomic mass is 35.5. The van der Waals surface area contributed by atoms with E-state index in [9.17, 15) is 9.59 Å². The summed E-state index contributed by atoms with van der Waals surface area (Å²) in [4.78, 5) is 26.7. The maximum atomic E-state index is 12.5. The van der Waals surface area contributed by atoms with Crippen molar-refractivity contribution < 1.29 is 9.59 Å². The third-order valence-corrected chi connectivity index (χ3v) is 4.83. The second-order valence-corrected chi connectivity index (χ2v) is 6.79. The molecule has 1 saturated heterocycles. The molecular weight excluding hydrogens is 352 g/mol. The Labute approximate surface area is 161 Å². The number of nitrogen functional groups attached to an aromatic ring is 1. The van der Waals surface area contributed by atoms with Gasteiger partial charge in [0.2, 0.25) is 11.8 Å². The minimum atomic E-state index is -0.354. The van der Waals surface area contributed by atoms with Gasteiger partial charge in [0.15, 0.2) is 0 Å². The summed E-state index contributed by atoms with van der Waals surface area (Å²) in [6.45, 7) is 5.21. The first kappa shape index (κ1) is 22.0. The van der Waals surface area contributed by atoms with Crippen LogP contribution in [-0.2, 0) is 16.1 Å². The fourth-order valence-corrected chi connectivity index (χ4v) is 3.01. The van der Waals surface area contributed by atoms with E-state index in [0.29, 0.717) is 31.0 Å². The lowest BCUT2D eigenvalue weighted by Gasteiger charge is -2.25. The maximum Gasteiger partial charge on any atom is 0.243 e. The molecule has 0 aliphatic carbocycles. The van der Waals surface area contributed by atoms with Crippen molar-refractivity contribution >= 4 is 30.1 Å². The van der Waals surface area contributed by atoms with Crippen LogP contribution >= 0.6 is 12.4 Å². The van der Waals surface area contributed by atoms with Crippen LogP contribution in [0.3, 0.4) is 0 Å². The quantitative estimate of drug-likeness (QED) is 0.500. The van der Waals surface area contributed by atoms with E-state index in [2.05, 4.69) is 19.2 Å². The van der Waals surface area contributed by atoms with Crippen molar-refractivity contribution in [2.24, 2.45) is 11.7 Å². The smallest absolute Gasteiger partial charge is 0.243 e. The number of nitrogens with two attached hydrogens (primary N) is 1. The molecule has 1 aromatic carbocycles. The lowest BCUT2D eigenvalue weighted by atomic mass is 10.0. The molecule has 1 fully saturated rings. The fourth-order valence-electron chi connectivity index (χ4n) is 3.01. The van der Waals surface area contributed by atoms with Crippen LogP contribution < -0.4 is 11.1 Å². The summed E-state index contributed by atoms with van der Waals surface area (Å²) < 4.78 is 0. The van der Waals surface area contributed by atoms with Gasteiger partial charge in [-0.3, -0.25) is 15.0 Å². The molecular formula is C19H29ClN4O2. The van der Waals surface area contributed by atoms with Crippen molar-refractivity contribution in [3.05, 3.63) is 35.4 Å². The zero-order valence-corrected chi connectivity index (χ0v) is 16.3. The van der Waals surface area contributed by atoms with Gasteiger partial charge in [-0.05, 0) is 24.3 Å². The molecule has 144 valence electrons. The van der Waals surface area contributed by atoms with Crippen LogP contribution in [0.4, 0.5) is 0 Å². The van der Waals surface area contributed by atoms with Crippen molar-refractivity contribution in [2.45, 2.75) is 52.1 Å². The summed E-state index contributed by atoms with van der Waals surface area (Å²) in [5, 5.41) is 10.3. The Morgan fingerprint density at radius 3 is 2.58 bits per heavy atom. The third kappa shape index (κ3) is 5.73. The van der Waals surface area contributed by atoms with E-state index in [1.165, 1.54) is 0 Å². The monoisotopic (exact) mass is 380 g/mol. The average molecular weight is 381 g/mol. The first-order valence-electron chi connectivity index (χ1n) is 8.92. The van der Waals surface area contributed by atoms with Crippen molar-refractivity contribution in [3.8, 4) is 0 Å². The minimum Gasteiger partial charge on any atom is -0.384 e. The summed E-state index contributed by atoms with van der Waals surface area (Å²) >= 11 is 0. The van der Waals surface area contributed by atoms with Crippen LogP contribution in [0, 0.1) is 11.3 Å². The van der Waals surface area contributed by atoms with E-state index in [1.54, 1.807) is 17.0 Å². The second kappa shape index (κ2) is 10.2. The molecule has 2 atom stereocenters. The number of nitrogens with one attached hydrogen (secondary N) is 2. The predicted molar refractivity (Wildman–Crippen MR) is 105 cm³/mol. The minimum absolute atomic E-state index is 0. The van der Waals surface area contributed by atoms with Gasteiger partial charge in [0.25, 0.3) is 0 Å². The second-order valence-electron chi connectivity index (χ2n) is 6.79. The van der Waals surface area contributed by atoms with Crippen LogP contribution in [0.5, 0.6) is 0 Å². The van der Waals surface area contributed by atoms with E-state index in [0.717, 1.165) is 24.8 Å². The molecule has 0 spiro atoms. The lowest BCUT2D eigenvalue weighted by molar-refractivity contribution is -0.139. The fraction of sp³-hybridized carbons (Fsp3) is 0.526. The van der Waals surface area contributed by atoms with Gasteiger partial charge in [-0.1, -0.05) is 44.5 Å². The van der Waals surface area contributed by atoms with E-state index in [1.807, 2.05) is 12.1 Å². The van der Waals surface area contributed by atoms with Crippen molar-refractivity contribution in [1.29, 1.82) is 5.41 Å². The lowest BCUT2D eigenvalue weighted by Crippen LogP contribution is -2.46. The van der Waals surface area contributed by atoms with Crippen LogP contribution in [0.25, 0.3) is 0 Å². The Balaban J connectivity index is 0.00000338. The highest BCUT2D eigenvalue weighted by molar-refractivity contribution is 5.94. The molecule has 6 nitrogen and oxygen atoms in total. The predicted octanol–water partition coefficient (Wildman–Crippen LogP) is 2.44. The molecule has 0 radical (unpaired) electrons. The number of amides is 2. The number of amidine groups is 1. The van der Waals surface area contributed by atoms with Gasteiger partial charge in [0.1, 0.15) is 11.9 Å². The number of benzene rings is 1. The molecule has 1 aliphatic rings. The number of nitrogens with zero attached hydrogens (tertiary/aromatic N) is 1. The summed E-state index contributed by atoms with van der Waals surface area (Å²) in [6.07, 6.45) is 3.07. The normalized spacial score (nSPS) is 17.3. The van der Waals surface area contributed by atoms with Crippen LogP contribution in [0.2, 0.25) is 0 Å². The van der Waals surface area contributed by atoms with Crippen LogP contribution in [-0.4, -0.2) is 35.1 Å². The zero-order valence-electron chi connectivity index (χ0n) is 15.5. The first-order valence-corrected chi connectivity index (χ1v) is 8.92. The van der Waals surface area contributed by atoms with E-state index < -0.39 is 0 Å². The van der Waals surface area contributed by atoms with Crippen LogP contribution in [0.1, 0.15) is 50.7 Å². The van der Waals surface area contributed by atoms with Crippen LogP contribution in [0.15, 0.2) is 24.3 Å². The van der Waals surface area contributed by atoms with Crippen molar-refractivity contribution in [3.63, 3.8) is 0 Å². The molecule has 0 bridgehead atoms. The average Bonchev–Trinajstić information content (AvgIpc) is 3.09. The van der Waals surface area contributed by atoms with Gasteiger partial charge in [-0.2, -0.15) is 0 Å². The number of halogens is 1. The molecule has 1 unspecified atom stereocenters. The number of hydrogen-bond donors (Lipinski definition) is 3. The Morgan fingerprint density at radius 1 is 1.35 bits per heavy atom. The Kier molecular flexibility index (Phi) is 8.58. The third-order valence-electron chi connectivity index (χ3n) is 4.83. The SMILES string of the molecule is CCC(C)CC(=O)N1CCC[C@H]1C(=O)NCc1ccc(C(=N)N)cc1.Cl. The molecule has 7 heteroatoms. The standard InChI is InChI=1S/C19H28N4O2.ClH/c1-3-13(2)11-17(24)23-10-4-5-16(23)19(25)22-12-14-6-8-15(9-7-14)18(20)21;/h6-9,13,16H,3-5,10-12H2,1-2H3,(H3,20,21)(H,22,25);1H/t13?,16-;/m0./s1. The maximum absolute atomic E-state index is 12.5. The summed E-state index contributed by atoms with van der Waals surface area (Å²) in [5.74, 6) is 0.358. The van der Waals surface area contributed by atoms with E-state index >= 15 is 0 Å². The number of hydrogen-bond acceptors (Lipinski definition) is 3. The zero-order chi connectivity index (χ0) is 18.4. The van der Waals surface area contributed by atoms with Crippen molar-refractivity contribution in [1.82, 2.24) is 10.2 Å². The molecule has 0 aromatic heterocycles. The molecule has 1 heterocycles. The number of rotatable bonds is 7. The van der Waals surface area contributed by atoms with Gasteiger partial charge in [0, 0.05) is 25.1 Å². The Hall–Kier alpha value is -2.08. The first-order chi connectivity index (χ1) is 11.9. The number of carbonyl (C=O) groups excluding carboxylic acids is 2. The van der Waals surface area contributed by atoms with Crippen molar-refractivity contribution in [2.75, 3.05) is 6.54 Å². The molecule has 2 amide bonds. The highest BCUT2D eigenvalue weighted by Gasteiger charge is 2.33. The van der Waals surface area contributed by atoms with Gasteiger partial charge < -0.3 is 16.0 Å². The number of likely N-dealkylation sites (tertiary alicyclic amines) is 1.